The van der Waals surface area contributed by atoms with Gasteiger partial charge in [0.2, 0.25) is 5.91 Å². The third kappa shape index (κ3) is 4.79. The van der Waals surface area contributed by atoms with E-state index >= 15 is 0 Å². The fraction of sp³-hybridized carbons (Fsp3) is 0.318. The standard InChI is InChI=1S/C22H22ClNO5S/c1-13(2)24-20(25)19(30-22(24)27)11-15-6-9-17(28-3)18(10-15)29-21(26)16-7-4-14(12-23)5-8-16/h4-10,13,19H,11-12H2,1-3H3. The summed E-state index contributed by atoms with van der Waals surface area (Å²) in [7, 11) is 1.48. The van der Waals surface area contributed by atoms with E-state index in [0.717, 1.165) is 22.9 Å². The third-order valence-electron chi connectivity index (χ3n) is 4.66. The van der Waals surface area contributed by atoms with Crippen LogP contribution in [0.4, 0.5) is 4.79 Å². The summed E-state index contributed by atoms with van der Waals surface area (Å²) in [4.78, 5) is 38.5. The number of imide groups is 1. The maximum absolute atomic E-state index is 12.5. The van der Waals surface area contributed by atoms with Crippen LogP contribution in [0.25, 0.3) is 0 Å². The lowest BCUT2D eigenvalue weighted by Gasteiger charge is -2.18. The van der Waals surface area contributed by atoms with Gasteiger partial charge in [0, 0.05) is 11.9 Å². The molecule has 158 valence electrons. The van der Waals surface area contributed by atoms with Crippen molar-refractivity contribution in [1.29, 1.82) is 0 Å². The smallest absolute Gasteiger partial charge is 0.343 e. The SMILES string of the molecule is COc1ccc(CC2SC(=O)N(C(C)C)C2=O)cc1OC(=O)c1ccc(CCl)cc1. The molecular formula is C22H22ClNO5S. The summed E-state index contributed by atoms with van der Waals surface area (Å²) in [6, 6.07) is 11.8. The first-order chi connectivity index (χ1) is 14.3. The number of carbonyl (C=O) groups is 3. The number of carbonyl (C=O) groups excluding carboxylic acids is 3. The first-order valence-electron chi connectivity index (χ1n) is 9.41. The molecule has 2 aromatic carbocycles. The van der Waals surface area contributed by atoms with Gasteiger partial charge in [-0.2, -0.15) is 0 Å². The van der Waals surface area contributed by atoms with Crippen molar-refractivity contribution in [2.45, 2.75) is 37.4 Å². The van der Waals surface area contributed by atoms with Crippen molar-refractivity contribution in [2.75, 3.05) is 7.11 Å². The maximum atomic E-state index is 12.5. The number of hydrogen-bond acceptors (Lipinski definition) is 6. The third-order valence-corrected chi connectivity index (χ3v) is 6.02. The highest BCUT2D eigenvalue weighted by atomic mass is 35.5. The molecule has 1 saturated heterocycles. The fourth-order valence-electron chi connectivity index (χ4n) is 3.10. The Hall–Kier alpha value is -2.51. The lowest BCUT2D eigenvalue weighted by atomic mass is 10.1. The summed E-state index contributed by atoms with van der Waals surface area (Å²) < 4.78 is 10.8. The van der Waals surface area contributed by atoms with E-state index in [9.17, 15) is 14.4 Å². The van der Waals surface area contributed by atoms with E-state index in [2.05, 4.69) is 0 Å². The van der Waals surface area contributed by atoms with Gasteiger partial charge in [-0.1, -0.05) is 30.0 Å². The molecule has 0 aliphatic carbocycles. The summed E-state index contributed by atoms with van der Waals surface area (Å²) in [5.41, 5.74) is 2.05. The molecule has 3 rings (SSSR count). The first-order valence-corrected chi connectivity index (χ1v) is 10.8. The van der Waals surface area contributed by atoms with E-state index in [0.29, 0.717) is 23.6 Å². The van der Waals surface area contributed by atoms with Crippen LogP contribution in [0.1, 0.15) is 35.3 Å². The zero-order valence-electron chi connectivity index (χ0n) is 16.9. The second-order valence-corrected chi connectivity index (χ2v) is 8.51. The summed E-state index contributed by atoms with van der Waals surface area (Å²) >= 11 is 6.80. The van der Waals surface area contributed by atoms with Gasteiger partial charge in [0.05, 0.1) is 17.9 Å². The lowest BCUT2D eigenvalue weighted by Crippen LogP contribution is -2.37. The van der Waals surface area contributed by atoms with Crippen LogP contribution < -0.4 is 9.47 Å². The number of thioether (sulfide) groups is 1. The van der Waals surface area contributed by atoms with Crippen LogP contribution in [0.15, 0.2) is 42.5 Å². The molecule has 0 radical (unpaired) electrons. The highest BCUT2D eigenvalue weighted by Gasteiger charge is 2.40. The molecular weight excluding hydrogens is 426 g/mol. The first kappa shape index (κ1) is 22.2. The van der Waals surface area contributed by atoms with E-state index in [4.69, 9.17) is 21.1 Å². The van der Waals surface area contributed by atoms with Crippen LogP contribution in [0, 0.1) is 0 Å². The van der Waals surface area contributed by atoms with Gasteiger partial charge in [-0.05, 0) is 55.7 Å². The second-order valence-electron chi connectivity index (χ2n) is 7.08. The molecule has 0 N–H and O–H groups in total. The largest absolute Gasteiger partial charge is 0.493 e. The van der Waals surface area contributed by atoms with E-state index in [-0.39, 0.29) is 22.9 Å². The topological polar surface area (TPSA) is 72.9 Å². The molecule has 1 heterocycles. The zero-order chi connectivity index (χ0) is 21.8. The molecule has 0 saturated carbocycles. The summed E-state index contributed by atoms with van der Waals surface area (Å²) in [5, 5.41) is -0.736. The van der Waals surface area contributed by atoms with Crippen LogP contribution in [0.3, 0.4) is 0 Å². The molecule has 8 heteroatoms. The Kier molecular flexibility index (Phi) is 7.05. The Morgan fingerprint density at radius 3 is 2.33 bits per heavy atom. The van der Waals surface area contributed by atoms with Gasteiger partial charge in [0.15, 0.2) is 11.5 Å². The Bertz CT molecular complexity index is 961. The predicted molar refractivity (Wildman–Crippen MR) is 116 cm³/mol. The van der Waals surface area contributed by atoms with Crippen LogP contribution in [-0.2, 0) is 17.1 Å². The molecule has 30 heavy (non-hydrogen) atoms. The summed E-state index contributed by atoms with van der Waals surface area (Å²) in [5.74, 6) is 0.284. The second kappa shape index (κ2) is 9.53. The van der Waals surface area contributed by atoms with Crippen molar-refractivity contribution >= 4 is 40.5 Å². The normalized spacial score (nSPS) is 16.3. The van der Waals surface area contributed by atoms with Crippen molar-refractivity contribution in [2.24, 2.45) is 0 Å². The van der Waals surface area contributed by atoms with E-state index < -0.39 is 11.2 Å². The molecule has 1 atom stereocenters. The zero-order valence-corrected chi connectivity index (χ0v) is 18.5. The van der Waals surface area contributed by atoms with E-state index in [1.165, 1.54) is 12.0 Å². The number of benzene rings is 2. The van der Waals surface area contributed by atoms with Crippen LogP contribution in [0.2, 0.25) is 0 Å². The van der Waals surface area contributed by atoms with Crippen molar-refractivity contribution < 1.29 is 23.9 Å². The predicted octanol–water partition coefficient (Wildman–Crippen LogP) is 4.67. The molecule has 1 unspecified atom stereocenters. The minimum absolute atomic E-state index is 0.180. The van der Waals surface area contributed by atoms with Gasteiger partial charge in [-0.15, -0.1) is 11.6 Å². The number of alkyl halides is 1. The van der Waals surface area contributed by atoms with Crippen LogP contribution >= 0.6 is 23.4 Å². The van der Waals surface area contributed by atoms with E-state index in [1.54, 1.807) is 42.5 Å². The van der Waals surface area contributed by atoms with Crippen molar-refractivity contribution in [3.8, 4) is 11.5 Å². The highest BCUT2D eigenvalue weighted by molar-refractivity contribution is 8.15. The number of hydrogen-bond donors (Lipinski definition) is 0. The van der Waals surface area contributed by atoms with Gasteiger partial charge < -0.3 is 9.47 Å². The van der Waals surface area contributed by atoms with Gasteiger partial charge in [0.1, 0.15) is 0 Å². The minimum Gasteiger partial charge on any atom is -0.493 e. The number of esters is 1. The van der Waals surface area contributed by atoms with Crippen LogP contribution in [-0.4, -0.2) is 40.4 Å². The summed E-state index contributed by atoms with van der Waals surface area (Å²) in [6.07, 6.45) is 0.345. The van der Waals surface area contributed by atoms with Crippen LogP contribution in [0.5, 0.6) is 11.5 Å². The van der Waals surface area contributed by atoms with Gasteiger partial charge in [-0.3, -0.25) is 14.5 Å². The van der Waals surface area contributed by atoms with Crippen molar-refractivity contribution in [1.82, 2.24) is 4.90 Å². The molecule has 1 aliphatic heterocycles. The number of amides is 2. The molecule has 6 nitrogen and oxygen atoms in total. The number of halogens is 1. The number of nitrogens with zero attached hydrogens (tertiary/aromatic N) is 1. The van der Waals surface area contributed by atoms with Gasteiger partial charge in [-0.25, -0.2) is 4.79 Å². The molecule has 0 aromatic heterocycles. The van der Waals surface area contributed by atoms with Gasteiger partial charge >= 0.3 is 5.97 Å². The molecule has 2 aromatic rings. The monoisotopic (exact) mass is 447 g/mol. The number of methoxy groups -OCH3 is 1. The Morgan fingerprint density at radius 2 is 1.77 bits per heavy atom. The average Bonchev–Trinajstić information content (AvgIpc) is 3.01. The average molecular weight is 448 g/mol. The number of ether oxygens (including phenoxy) is 2. The fourth-order valence-corrected chi connectivity index (χ4v) is 4.42. The Labute approximate surface area is 184 Å². The molecule has 1 fully saturated rings. The lowest BCUT2D eigenvalue weighted by molar-refractivity contribution is -0.127. The Balaban J connectivity index is 1.77. The molecule has 2 amide bonds. The maximum Gasteiger partial charge on any atom is 0.343 e. The van der Waals surface area contributed by atoms with E-state index in [1.807, 2.05) is 13.8 Å². The van der Waals surface area contributed by atoms with Crippen molar-refractivity contribution in [3.63, 3.8) is 0 Å². The van der Waals surface area contributed by atoms with Gasteiger partial charge in [0.25, 0.3) is 5.24 Å². The minimum atomic E-state index is -0.529. The highest BCUT2D eigenvalue weighted by Crippen LogP contribution is 2.34. The quantitative estimate of drug-likeness (QED) is 0.349. The molecule has 0 bridgehead atoms. The Morgan fingerprint density at radius 1 is 1.10 bits per heavy atom. The summed E-state index contributed by atoms with van der Waals surface area (Å²) in [6.45, 7) is 3.62. The molecule has 1 aliphatic rings. The van der Waals surface area contributed by atoms with Crippen molar-refractivity contribution in [3.05, 3.63) is 59.2 Å². The number of rotatable bonds is 7. The molecule has 0 spiro atoms.